The average Bonchev–Trinajstić information content (AvgIpc) is 3.51. The zero-order valence-corrected chi connectivity index (χ0v) is 19.6. The number of hydrogen-bond donors (Lipinski definition) is 1. The fourth-order valence-electron chi connectivity index (χ4n) is 3.95. The summed E-state index contributed by atoms with van der Waals surface area (Å²) >= 11 is 0. The molecule has 0 atom stereocenters. The molecule has 1 fully saturated rings. The number of rotatable bonds is 6. The van der Waals surface area contributed by atoms with Crippen molar-refractivity contribution in [2.75, 3.05) is 11.6 Å². The first-order valence-corrected chi connectivity index (χ1v) is 13.0. The number of nitrogens with zero attached hydrogens (tertiary/aromatic N) is 6. The standard InChI is InChI=1S/C24H21N7O3S/c1-35(33,34)19-8-4-15(5-9-19)17-6-10-20-21(12-17)30(29-27-20)13-18-7-11-23-25-22(14-31(23)28-18)26-24(32)16-2-3-16/h4-12,14,16H,2-3,13H2,1H3,(H,26,32). The summed E-state index contributed by atoms with van der Waals surface area (Å²) in [4.78, 5) is 16.7. The van der Waals surface area contributed by atoms with Crippen molar-refractivity contribution in [1.29, 1.82) is 0 Å². The lowest BCUT2D eigenvalue weighted by Gasteiger charge is -2.06. The molecule has 35 heavy (non-hydrogen) atoms. The van der Waals surface area contributed by atoms with E-state index in [2.05, 4.69) is 25.7 Å². The molecule has 2 aromatic carbocycles. The lowest BCUT2D eigenvalue weighted by Crippen LogP contribution is -2.13. The van der Waals surface area contributed by atoms with Crippen molar-refractivity contribution >= 4 is 38.2 Å². The van der Waals surface area contributed by atoms with Gasteiger partial charge in [0.05, 0.1) is 28.8 Å². The lowest BCUT2D eigenvalue weighted by molar-refractivity contribution is -0.117. The highest BCUT2D eigenvalue weighted by atomic mass is 32.2. The van der Waals surface area contributed by atoms with Crippen LogP contribution >= 0.6 is 0 Å². The highest BCUT2D eigenvalue weighted by Crippen LogP contribution is 2.30. The normalized spacial score (nSPS) is 14.0. The third-order valence-electron chi connectivity index (χ3n) is 6.02. The van der Waals surface area contributed by atoms with E-state index in [4.69, 9.17) is 0 Å². The molecule has 1 N–H and O–H groups in total. The number of nitrogens with one attached hydrogen (secondary N) is 1. The van der Waals surface area contributed by atoms with Crippen LogP contribution in [0.4, 0.5) is 5.82 Å². The van der Waals surface area contributed by atoms with Crippen molar-refractivity contribution in [1.82, 2.24) is 29.6 Å². The van der Waals surface area contributed by atoms with Crippen LogP contribution in [-0.4, -0.2) is 50.2 Å². The van der Waals surface area contributed by atoms with E-state index in [-0.39, 0.29) is 16.7 Å². The van der Waals surface area contributed by atoms with E-state index in [0.29, 0.717) is 18.0 Å². The molecule has 0 bridgehead atoms. The van der Waals surface area contributed by atoms with E-state index in [0.717, 1.165) is 40.7 Å². The van der Waals surface area contributed by atoms with E-state index < -0.39 is 9.84 Å². The van der Waals surface area contributed by atoms with Gasteiger partial charge in [-0.25, -0.2) is 22.6 Å². The van der Waals surface area contributed by atoms with Gasteiger partial charge in [-0.15, -0.1) is 5.10 Å². The molecule has 0 saturated heterocycles. The summed E-state index contributed by atoms with van der Waals surface area (Å²) in [6, 6.07) is 16.3. The van der Waals surface area contributed by atoms with Gasteiger partial charge in [0.25, 0.3) is 0 Å². The average molecular weight is 488 g/mol. The summed E-state index contributed by atoms with van der Waals surface area (Å²) in [5.41, 5.74) is 4.80. The van der Waals surface area contributed by atoms with Crippen LogP contribution < -0.4 is 5.32 Å². The molecule has 10 nitrogen and oxygen atoms in total. The molecular weight excluding hydrogens is 466 g/mol. The predicted octanol–water partition coefficient (Wildman–Crippen LogP) is 2.94. The maximum absolute atomic E-state index is 12.0. The molecule has 1 amide bonds. The first kappa shape index (κ1) is 21.4. The molecule has 3 heterocycles. The summed E-state index contributed by atoms with van der Waals surface area (Å²) in [6.07, 6.45) is 4.76. The van der Waals surface area contributed by atoms with E-state index >= 15 is 0 Å². The summed E-state index contributed by atoms with van der Waals surface area (Å²) < 4.78 is 26.9. The molecule has 1 saturated carbocycles. The minimum absolute atomic E-state index is 0.00415. The molecular formula is C24H21N7O3S. The zero-order valence-electron chi connectivity index (χ0n) is 18.8. The van der Waals surface area contributed by atoms with Gasteiger partial charge in [0, 0.05) is 12.2 Å². The topological polar surface area (TPSA) is 124 Å². The van der Waals surface area contributed by atoms with E-state index in [9.17, 15) is 13.2 Å². The molecule has 0 spiro atoms. The Kier molecular flexibility index (Phi) is 4.88. The van der Waals surface area contributed by atoms with Crippen molar-refractivity contribution in [2.45, 2.75) is 24.3 Å². The second kappa shape index (κ2) is 7.98. The molecule has 5 aromatic rings. The smallest absolute Gasteiger partial charge is 0.228 e. The molecule has 1 aliphatic carbocycles. The van der Waals surface area contributed by atoms with Crippen molar-refractivity contribution in [3.05, 3.63) is 66.5 Å². The number of benzene rings is 2. The highest BCUT2D eigenvalue weighted by molar-refractivity contribution is 7.90. The quantitative estimate of drug-likeness (QED) is 0.390. The number of amides is 1. The van der Waals surface area contributed by atoms with Crippen LogP contribution in [0.3, 0.4) is 0 Å². The van der Waals surface area contributed by atoms with Crippen LogP contribution in [0.5, 0.6) is 0 Å². The van der Waals surface area contributed by atoms with Gasteiger partial charge in [0.2, 0.25) is 5.91 Å². The number of fused-ring (bicyclic) bond motifs is 2. The van der Waals surface area contributed by atoms with Crippen molar-refractivity contribution in [3.8, 4) is 11.1 Å². The van der Waals surface area contributed by atoms with Crippen molar-refractivity contribution in [2.24, 2.45) is 5.92 Å². The number of aromatic nitrogens is 6. The van der Waals surface area contributed by atoms with Crippen LogP contribution in [0.15, 0.2) is 65.7 Å². The first-order valence-electron chi connectivity index (χ1n) is 11.1. The Labute approximate surface area is 200 Å². The Hall–Kier alpha value is -4.12. The highest BCUT2D eigenvalue weighted by Gasteiger charge is 2.30. The molecule has 1 aliphatic rings. The zero-order chi connectivity index (χ0) is 24.2. The molecule has 6 rings (SSSR count). The summed E-state index contributed by atoms with van der Waals surface area (Å²) in [6.45, 7) is 0.394. The minimum atomic E-state index is -3.25. The van der Waals surface area contributed by atoms with Gasteiger partial charge in [-0.2, -0.15) is 5.10 Å². The van der Waals surface area contributed by atoms with E-state index in [1.165, 1.54) is 6.26 Å². The van der Waals surface area contributed by atoms with Gasteiger partial charge < -0.3 is 5.32 Å². The van der Waals surface area contributed by atoms with E-state index in [1.54, 1.807) is 39.7 Å². The van der Waals surface area contributed by atoms with Crippen LogP contribution in [0.25, 0.3) is 27.8 Å². The number of carbonyl (C=O) groups is 1. The predicted molar refractivity (Wildman–Crippen MR) is 130 cm³/mol. The van der Waals surface area contributed by atoms with Gasteiger partial charge in [-0.3, -0.25) is 4.79 Å². The monoisotopic (exact) mass is 487 g/mol. The Balaban J connectivity index is 1.27. The van der Waals surface area contributed by atoms with Gasteiger partial charge in [-0.05, 0) is 60.4 Å². The fraction of sp³-hybridized carbons (Fsp3) is 0.208. The molecule has 176 valence electrons. The number of sulfone groups is 1. The maximum atomic E-state index is 12.0. The van der Waals surface area contributed by atoms with Crippen LogP contribution in [0.2, 0.25) is 0 Å². The fourth-order valence-corrected chi connectivity index (χ4v) is 4.58. The van der Waals surface area contributed by atoms with Crippen LogP contribution in [0.1, 0.15) is 18.5 Å². The van der Waals surface area contributed by atoms with Gasteiger partial charge >= 0.3 is 0 Å². The van der Waals surface area contributed by atoms with Crippen molar-refractivity contribution < 1.29 is 13.2 Å². The summed E-state index contributed by atoms with van der Waals surface area (Å²) in [5.74, 6) is 0.597. The maximum Gasteiger partial charge on any atom is 0.228 e. The molecule has 3 aromatic heterocycles. The molecule has 0 radical (unpaired) electrons. The SMILES string of the molecule is CS(=O)(=O)c1ccc(-c2ccc3nnn(Cc4ccc5nc(NC(=O)C6CC6)cn5n4)c3c2)cc1. The van der Waals surface area contributed by atoms with Gasteiger partial charge in [0.15, 0.2) is 21.3 Å². The summed E-state index contributed by atoms with van der Waals surface area (Å²) in [5, 5.41) is 16.0. The largest absolute Gasteiger partial charge is 0.309 e. The minimum Gasteiger partial charge on any atom is -0.309 e. The number of imidazole rings is 1. The molecule has 0 unspecified atom stereocenters. The van der Waals surface area contributed by atoms with Gasteiger partial charge in [0.1, 0.15) is 5.52 Å². The second-order valence-corrected chi connectivity index (χ2v) is 10.8. The number of anilines is 1. The third-order valence-corrected chi connectivity index (χ3v) is 7.14. The molecule has 11 heteroatoms. The second-order valence-electron chi connectivity index (χ2n) is 8.76. The number of carbonyl (C=O) groups excluding carboxylic acids is 1. The van der Waals surface area contributed by atoms with Crippen LogP contribution in [-0.2, 0) is 21.2 Å². The molecule has 0 aliphatic heterocycles. The number of hydrogen-bond acceptors (Lipinski definition) is 7. The third kappa shape index (κ3) is 4.26. The Morgan fingerprint density at radius 3 is 2.57 bits per heavy atom. The van der Waals surface area contributed by atoms with Crippen molar-refractivity contribution in [3.63, 3.8) is 0 Å². The Bertz CT molecular complexity index is 1700. The Morgan fingerprint density at radius 1 is 1.06 bits per heavy atom. The Morgan fingerprint density at radius 2 is 1.83 bits per heavy atom. The van der Waals surface area contributed by atoms with Gasteiger partial charge in [-0.1, -0.05) is 23.4 Å². The first-order chi connectivity index (χ1) is 16.8. The lowest BCUT2D eigenvalue weighted by atomic mass is 10.1. The van der Waals surface area contributed by atoms with E-state index in [1.807, 2.05) is 30.3 Å². The summed E-state index contributed by atoms with van der Waals surface area (Å²) in [7, 11) is -3.25. The van der Waals surface area contributed by atoms with Crippen LogP contribution in [0, 0.1) is 5.92 Å².